The number of aromatic nitrogens is 4. The van der Waals surface area contributed by atoms with E-state index in [-0.39, 0.29) is 0 Å². The summed E-state index contributed by atoms with van der Waals surface area (Å²) < 4.78 is 1.17. The molecule has 0 fully saturated rings. The minimum absolute atomic E-state index is 0.530. The summed E-state index contributed by atoms with van der Waals surface area (Å²) in [5.41, 5.74) is 5.80. The van der Waals surface area contributed by atoms with Crippen LogP contribution in [0.3, 0.4) is 0 Å². The van der Waals surface area contributed by atoms with E-state index in [2.05, 4.69) is 43.5 Å². The number of nitrogens with zero attached hydrogens (tertiary/aromatic N) is 4. The van der Waals surface area contributed by atoms with Gasteiger partial charge in [0.25, 0.3) is 0 Å². The van der Waals surface area contributed by atoms with Gasteiger partial charge in [-0.1, -0.05) is 12.1 Å². The number of benzene rings is 1. The Labute approximate surface area is 137 Å². The van der Waals surface area contributed by atoms with Crippen molar-refractivity contribution in [2.45, 2.75) is 6.92 Å². The summed E-state index contributed by atoms with van der Waals surface area (Å²) in [6, 6.07) is 11.9. The Morgan fingerprint density at radius 3 is 2.87 bits per heavy atom. The predicted molar refractivity (Wildman–Crippen MR) is 92.9 cm³/mol. The first-order chi connectivity index (χ1) is 11.3. The lowest BCUT2D eigenvalue weighted by atomic mass is 10.1. The summed E-state index contributed by atoms with van der Waals surface area (Å²) in [6.45, 7) is 2.01. The molecule has 0 aliphatic rings. The number of hydrogen-bond acceptors (Lipinski definition) is 6. The van der Waals surface area contributed by atoms with Crippen molar-refractivity contribution in [3.8, 4) is 11.3 Å². The molecule has 0 spiro atoms. The SMILES string of the molecule is Cc1cnc(Nc2ccccn2)nc1-c1ccc2scnc2c1. The largest absolute Gasteiger partial charge is 0.309 e. The molecule has 3 heterocycles. The van der Waals surface area contributed by atoms with Crippen molar-refractivity contribution in [2.75, 3.05) is 5.32 Å². The van der Waals surface area contributed by atoms with Crippen LogP contribution in [0.5, 0.6) is 0 Å². The van der Waals surface area contributed by atoms with Crippen LogP contribution in [0.4, 0.5) is 11.8 Å². The van der Waals surface area contributed by atoms with Gasteiger partial charge >= 0.3 is 0 Å². The molecule has 0 radical (unpaired) electrons. The first kappa shape index (κ1) is 13.8. The van der Waals surface area contributed by atoms with Gasteiger partial charge in [0.05, 0.1) is 21.4 Å². The first-order valence-electron chi connectivity index (χ1n) is 7.15. The zero-order chi connectivity index (χ0) is 15.6. The number of aryl methyl sites for hydroxylation is 1. The predicted octanol–water partition coefficient (Wildman–Crippen LogP) is 4.20. The summed E-state index contributed by atoms with van der Waals surface area (Å²) in [7, 11) is 0. The van der Waals surface area contributed by atoms with Crippen LogP contribution in [0.2, 0.25) is 0 Å². The molecule has 0 aliphatic carbocycles. The Morgan fingerprint density at radius 2 is 2.00 bits per heavy atom. The van der Waals surface area contributed by atoms with E-state index < -0.39 is 0 Å². The van der Waals surface area contributed by atoms with Crippen LogP contribution in [0.15, 0.2) is 54.3 Å². The van der Waals surface area contributed by atoms with Crippen LogP contribution in [0, 0.1) is 6.92 Å². The van der Waals surface area contributed by atoms with Gasteiger partial charge in [-0.2, -0.15) is 0 Å². The lowest BCUT2D eigenvalue weighted by Crippen LogP contribution is -2.01. The number of rotatable bonds is 3. The highest BCUT2D eigenvalue weighted by atomic mass is 32.1. The smallest absolute Gasteiger partial charge is 0.228 e. The number of hydrogen-bond donors (Lipinski definition) is 1. The second-order valence-corrected chi connectivity index (χ2v) is 5.99. The average molecular weight is 319 g/mol. The van der Waals surface area contributed by atoms with Gasteiger partial charge in [-0.05, 0) is 36.8 Å². The zero-order valence-corrected chi connectivity index (χ0v) is 13.2. The van der Waals surface area contributed by atoms with E-state index in [1.54, 1.807) is 17.5 Å². The molecular formula is C17H13N5S. The van der Waals surface area contributed by atoms with Crippen molar-refractivity contribution < 1.29 is 0 Å². The van der Waals surface area contributed by atoms with E-state index in [9.17, 15) is 0 Å². The number of pyridine rings is 1. The number of anilines is 2. The molecule has 0 atom stereocenters. The van der Waals surface area contributed by atoms with E-state index >= 15 is 0 Å². The number of thiazole rings is 1. The highest BCUT2D eigenvalue weighted by Gasteiger charge is 2.09. The van der Waals surface area contributed by atoms with Crippen LogP contribution >= 0.6 is 11.3 Å². The molecule has 1 aromatic carbocycles. The monoisotopic (exact) mass is 319 g/mol. The Balaban J connectivity index is 1.74. The second kappa shape index (κ2) is 5.73. The van der Waals surface area contributed by atoms with Gasteiger partial charge in [-0.3, -0.25) is 0 Å². The van der Waals surface area contributed by atoms with Crippen LogP contribution in [-0.4, -0.2) is 19.9 Å². The van der Waals surface area contributed by atoms with Crippen LogP contribution in [-0.2, 0) is 0 Å². The Bertz CT molecular complexity index is 965. The molecule has 23 heavy (non-hydrogen) atoms. The molecule has 4 aromatic rings. The van der Waals surface area contributed by atoms with Gasteiger partial charge in [-0.25, -0.2) is 19.9 Å². The maximum atomic E-state index is 4.64. The highest BCUT2D eigenvalue weighted by molar-refractivity contribution is 7.16. The van der Waals surface area contributed by atoms with Crippen molar-refractivity contribution >= 4 is 33.3 Å². The fourth-order valence-electron chi connectivity index (χ4n) is 2.35. The van der Waals surface area contributed by atoms with Gasteiger partial charge in [0.2, 0.25) is 5.95 Å². The molecular weight excluding hydrogens is 306 g/mol. The van der Waals surface area contributed by atoms with Crippen LogP contribution in [0.1, 0.15) is 5.56 Å². The van der Waals surface area contributed by atoms with Crippen molar-refractivity contribution in [3.05, 3.63) is 59.9 Å². The molecule has 0 amide bonds. The van der Waals surface area contributed by atoms with Gasteiger partial charge in [0.1, 0.15) is 5.82 Å². The van der Waals surface area contributed by atoms with E-state index in [1.165, 1.54) is 4.70 Å². The molecule has 6 heteroatoms. The van der Waals surface area contributed by atoms with Gasteiger partial charge in [0.15, 0.2) is 0 Å². The van der Waals surface area contributed by atoms with Gasteiger partial charge in [-0.15, -0.1) is 11.3 Å². The summed E-state index contributed by atoms with van der Waals surface area (Å²) in [5.74, 6) is 1.25. The van der Waals surface area contributed by atoms with Crippen molar-refractivity contribution in [1.82, 2.24) is 19.9 Å². The standard InChI is InChI=1S/C17H13N5S/c1-11-9-19-17(21-15-4-2-3-7-18-15)22-16(11)12-5-6-14-13(8-12)20-10-23-14/h2-10H,1H3,(H,18,19,21,22). The molecule has 5 nitrogen and oxygen atoms in total. The van der Waals surface area contributed by atoms with Crippen LogP contribution in [0.25, 0.3) is 21.5 Å². The second-order valence-electron chi connectivity index (χ2n) is 5.10. The van der Waals surface area contributed by atoms with E-state index in [0.717, 1.165) is 28.2 Å². The number of nitrogens with one attached hydrogen (secondary N) is 1. The maximum absolute atomic E-state index is 4.64. The van der Waals surface area contributed by atoms with Gasteiger partial charge < -0.3 is 5.32 Å². The number of fused-ring (bicyclic) bond motifs is 1. The third-order valence-electron chi connectivity index (χ3n) is 3.48. The Kier molecular flexibility index (Phi) is 3.44. The molecule has 4 rings (SSSR count). The lowest BCUT2D eigenvalue weighted by Gasteiger charge is -2.08. The van der Waals surface area contributed by atoms with Crippen LogP contribution < -0.4 is 5.32 Å². The van der Waals surface area contributed by atoms with Crippen molar-refractivity contribution in [3.63, 3.8) is 0 Å². The fourth-order valence-corrected chi connectivity index (χ4v) is 3.01. The summed E-state index contributed by atoms with van der Waals surface area (Å²) in [5, 5.41) is 3.13. The van der Waals surface area contributed by atoms with E-state index in [1.807, 2.05) is 36.8 Å². The molecule has 0 unspecified atom stereocenters. The molecule has 1 N–H and O–H groups in total. The minimum atomic E-state index is 0.530. The summed E-state index contributed by atoms with van der Waals surface area (Å²) >= 11 is 1.64. The van der Waals surface area contributed by atoms with Crippen molar-refractivity contribution in [1.29, 1.82) is 0 Å². The topological polar surface area (TPSA) is 63.6 Å². The van der Waals surface area contributed by atoms with E-state index in [4.69, 9.17) is 0 Å². The molecule has 0 bridgehead atoms. The third-order valence-corrected chi connectivity index (χ3v) is 4.29. The van der Waals surface area contributed by atoms with Gasteiger partial charge in [0, 0.05) is 18.0 Å². The molecule has 112 valence electrons. The Hall–Kier alpha value is -2.86. The molecule has 0 saturated carbocycles. The van der Waals surface area contributed by atoms with Crippen molar-refractivity contribution in [2.24, 2.45) is 0 Å². The molecule has 0 aliphatic heterocycles. The molecule has 0 saturated heterocycles. The zero-order valence-electron chi connectivity index (χ0n) is 12.4. The van der Waals surface area contributed by atoms with E-state index in [0.29, 0.717) is 5.95 Å². The maximum Gasteiger partial charge on any atom is 0.228 e. The lowest BCUT2D eigenvalue weighted by molar-refractivity contribution is 1.12. The quantitative estimate of drug-likeness (QED) is 0.613. The minimum Gasteiger partial charge on any atom is -0.309 e. The first-order valence-corrected chi connectivity index (χ1v) is 8.03. The summed E-state index contributed by atoms with van der Waals surface area (Å²) in [4.78, 5) is 17.6. The molecule has 3 aromatic heterocycles. The third kappa shape index (κ3) is 2.76. The normalized spacial score (nSPS) is 10.8. The fraction of sp³-hybridized carbons (Fsp3) is 0.0588. The summed E-state index contributed by atoms with van der Waals surface area (Å²) in [6.07, 6.45) is 3.55. The average Bonchev–Trinajstić information content (AvgIpc) is 3.05. The Morgan fingerprint density at radius 1 is 1.04 bits per heavy atom. The highest BCUT2D eigenvalue weighted by Crippen LogP contribution is 2.27.